The van der Waals surface area contributed by atoms with Crippen LogP contribution in [0.25, 0.3) is 0 Å². The summed E-state index contributed by atoms with van der Waals surface area (Å²) in [5, 5.41) is 18.5. The van der Waals surface area contributed by atoms with Crippen molar-refractivity contribution in [2.45, 2.75) is 109 Å². The molecule has 0 aliphatic carbocycles. The van der Waals surface area contributed by atoms with Crippen LogP contribution < -0.4 is 0 Å². The van der Waals surface area contributed by atoms with Crippen molar-refractivity contribution in [1.29, 1.82) is 0 Å². The Bertz CT molecular complexity index is 467. The van der Waals surface area contributed by atoms with Crippen molar-refractivity contribution in [2.75, 3.05) is 46.2 Å². The largest absolute Gasteiger partial charge is 0.394 e. The van der Waals surface area contributed by atoms with E-state index in [1.54, 1.807) is 0 Å². The molecule has 0 amide bonds. The minimum absolute atomic E-state index is 0.0420. The van der Waals surface area contributed by atoms with E-state index in [2.05, 4.69) is 6.92 Å². The number of ether oxygens (including phenoxy) is 3. The summed E-state index contributed by atoms with van der Waals surface area (Å²) in [5.41, 5.74) is 0. The molecule has 0 aromatic heterocycles. The third-order valence-electron chi connectivity index (χ3n) is 5.18. The third kappa shape index (κ3) is 41.9. The van der Waals surface area contributed by atoms with Gasteiger partial charge in [-0.3, -0.25) is 9.11 Å². The molecule has 0 bridgehead atoms. The van der Waals surface area contributed by atoms with Crippen LogP contribution >= 0.6 is 0 Å². The van der Waals surface area contributed by atoms with Crippen LogP contribution in [0.15, 0.2) is 0 Å². The third-order valence-corrected chi connectivity index (χ3v) is 5.18. The molecule has 0 aromatic rings. The zero-order valence-corrected chi connectivity index (χ0v) is 22.2. The molecule has 0 saturated heterocycles. The summed E-state index contributed by atoms with van der Waals surface area (Å²) in [4.78, 5) is 0. The Kier molecular flexibility index (Phi) is 30.5. The van der Waals surface area contributed by atoms with Gasteiger partial charge in [0.05, 0.1) is 52.4 Å². The molecule has 4 N–H and O–H groups in total. The minimum atomic E-state index is -4.67. The number of rotatable bonds is 25. The summed E-state index contributed by atoms with van der Waals surface area (Å²) >= 11 is 0. The Labute approximate surface area is 208 Å². The van der Waals surface area contributed by atoms with Gasteiger partial charge in [0, 0.05) is 0 Å². The van der Waals surface area contributed by atoms with Crippen LogP contribution in [0.4, 0.5) is 0 Å². The van der Waals surface area contributed by atoms with E-state index in [4.69, 9.17) is 36.8 Å². The van der Waals surface area contributed by atoms with Crippen molar-refractivity contribution in [3.63, 3.8) is 0 Å². The Morgan fingerprint density at radius 2 is 0.971 bits per heavy atom. The highest BCUT2D eigenvalue weighted by molar-refractivity contribution is 7.79. The Morgan fingerprint density at radius 1 is 0.618 bits per heavy atom. The second kappa shape index (κ2) is 28.9. The van der Waals surface area contributed by atoms with Gasteiger partial charge >= 0.3 is 10.4 Å². The van der Waals surface area contributed by atoms with E-state index in [1.807, 2.05) is 0 Å². The van der Waals surface area contributed by atoms with Gasteiger partial charge in [0.15, 0.2) is 0 Å². The molecule has 9 nitrogen and oxygen atoms in total. The van der Waals surface area contributed by atoms with Gasteiger partial charge < -0.3 is 24.4 Å². The lowest BCUT2D eigenvalue weighted by molar-refractivity contribution is -0.0144. The molecule has 0 rings (SSSR count). The molecule has 34 heavy (non-hydrogen) atoms. The zero-order chi connectivity index (χ0) is 25.8. The van der Waals surface area contributed by atoms with E-state index < -0.39 is 10.4 Å². The Morgan fingerprint density at radius 3 is 1.38 bits per heavy atom. The van der Waals surface area contributed by atoms with Crippen molar-refractivity contribution in [3.8, 4) is 0 Å². The summed E-state index contributed by atoms with van der Waals surface area (Å²) in [7, 11) is -4.67. The predicted molar refractivity (Wildman–Crippen MR) is 135 cm³/mol. The van der Waals surface area contributed by atoms with Crippen LogP contribution in [0.2, 0.25) is 0 Å². The molecular weight excluding hydrogens is 464 g/mol. The molecule has 0 radical (unpaired) electrons. The first-order valence-electron chi connectivity index (χ1n) is 13.0. The summed E-state index contributed by atoms with van der Waals surface area (Å²) in [5.74, 6) is 0. The standard InChI is InChI=1S/C24H50O5.H2O4S/c1-2-3-4-5-6-7-8-9-10-11-12-13-14-15-16-24(26)23-29-22-21-28-20-19-27-18-17-25;1-5(2,3)4/h24-26H,2-23H2,1H3;(H2,1,2,3,4). The summed E-state index contributed by atoms with van der Waals surface area (Å²) in [6.45, 7) is 5.06. The van der Waals surface area contributed by atoms with Crippen LogP contribution in [0.3, 0.4) is 0 Å². The highest BCUT2D eigenvalue weighted by Gasteiger charge is 2.04. The SMILES string of the molecule is CCCCCCCCCCCCCCCCC(O)COCCOCCOCCO.O=S(=O)(O)O. The molecule has 0 fully saturated rings. The first-order valence-corrected chi connectivity index (χ1v) is 14.4. The lowest BCUT2D eigenvalue weighted by Crippen LogP contribution is -2.18. The average molecular weight is 517 g/mol. The predicted octanol–water partition coefficient (Wildman–Crippen LogP) is 4.61. The molecule has 1 unspecified atom stereocenters. The van der Waals surface area contributed by atoms with Crippen LogP contribution in [0.5, 0.6) is 0 Å². The van der Waals surface area contributed by atoms with E-state index in [0.29, 0.717) is 39.6 Å². The molecule has 0 aromatic carbocycles. The van der Waals surface area contributed by atoms with Gasteiger partial charge in [-0.1, -0.05) is 96.8 Å². The number of aliphatic hydroxyl groups excluding tert-OH is 2. The second-order valence-electron chi connectivity index (χ2n) is 8.51. The topological polar surface area (TPSA) is 143 Å². The molecule has 0 saturated carbocycles. The number of hydrogen-bond donors (Lipinski definition) is 4. The quantitative estimate of drug-likeness (QED) is 0.101. The summed E-state index contributed by atoms with van der Waals surface area (Å²) < 4.78 is 47.4. The maximum Gasteiger partial charge on any atom is 0.394 e. The van der Waals surface area contributed by atoms with Gasteiger partial charge in [-0.15, -0.1) is 0 Å². The number of unbranched alkanes of at least 4 members (excludes halogenated alkanes) is 13. The van der Waals surface area contributed by atoms with Crippen LogP contribution in [0, 0.1) is 0 Å². The highest BCUT2D eigenvalue weighted by atomic mass is 32.3. The maximum atomic E-state index is 9.93. The molecule has 1 atom stereocenters. The summed E-state index contributed by atoms with van der Waals surface area (Å²) in [6, 6.07) is 0. The maximum absolute atomic E-state index is 9.93. The van der Waals surface area contributed by atoms with Crippen LogP contribution in [0.1, 0.15) is 103 Å². The van der Waals surface area contributed by atoms with E-state index >= 15 is 0 Å². The van der Waals surface area contributed by atoms with Gasteiger partial charge in [-0.05, 0) is 6.42 Å². The van der Waals surface area contributed by atoms with Crippen molar-refractivity contribution >= 4 is 10.4 Å². The Balaban J connectivity index is 0. The highest BCUT2D eigenvalue weighted by Crippen LogP contribution is 2.13. The van der Waals surface area contributed by atoms with Crippen LogP contribution in [-0.2, 0) is 24.6 Å². The minimum Gasteiger partial charge on any atom is -0.394 e. The molecule has 0 heterocycles. The first kappa shape index (κ1) is 35.8. The Hall–Kier alpha value is -0.330. The van der Waals surface area contributed by atoms with Gasteiger partial charge in [-0.25, -0.2) is 0 Å². The molecular formula is C24H52O9S. The van der Waals surface area contributed by atoms with Crippen molar-refractivity contribution in [3.05, 3.63) is 0 Å². The lowest BCUT2D eigenvalue weighted by atomic mass is 10.0. The van der Waals surface area contributed by atoms with Crippen molar-refractivity contribution < 1.29 is 41.9 Å². The number of aliphatic hydroxyl groups is 2. The monoisotopic (exact) mass is 516 g/mol. The van der Waals surface area contributed by atoms with Gasteiger partial charge in [-0.2, -0.15) is 8.42 Å². The zero-order valence-electron chi connectivity index (χ0n) is 21.4. The van der Waals surface area contributed by atoms with Crippen molar-refractivity contribution in [1.82, 2.24) is 0 Å². The van der Waals surface area contributed by atoms with Crippen molar-refractivity contribution in [2.24, 2.45) is 0 Å². The van der Waals surface area contributed by atoms with Gasteiger partial charge in [0.25, 0.3) is 0 Å². The molecule has 10 heteroatoms. The smallest absolute Gasteiger partial charge is 0.394 e. The lowest BCUT2D eigenvalue weighted by Gasteiger charge is -2.11. The molecule has 0 aliphatic rings. The van der Waals surface area contributed by atoms with E-state index in [-0.39, 0.29) is 12.7 Å². The van der Waals surface area contributed by atoms with E-state index in [1.165, 1.54) is 83.5 Å². The average Bonchev–Trinajstić information content (AvgIpc) is 2.77. The van der Waals surface area contributed by atoms with Crippen LogP contribution in [-0.4, -0.2) is 80.1 Å². The molecule has 0 aliphatic heterocycles. The van der Waals surface area contributed by atoms with Gasteiger partial charge in [0.1, 0.15) is 0 Å². The second-order valence-corrected chi connectivity index (χ2v) is 9.41. The number of hydrogen-bond acceptors (Lipinski definition) is 7. The fourth-order valence-corrected chi connectivity index (χ4v) is 3.38. The van der Waals surface area contributed by atoms with E-state index in [0.717, 1.165) is 12.8 Å². The van der Waals surface area contributed by atoms with E-state index in [9.17, 15) is 5.11 Å². The normalized spacial score (nSPS) is 12.4. The van der Waals surface area contributed by atoms with Gasteiger partial charge in [0.2, 0.25) is 0 Å². The molecule has 0 spiro atoms. The fraction of sp³-hybridized carbons (Fsp3) is 1.00. The molecule has 208 valence electrons. The summed E-state index contributed by atoms with van der Waals surface area (Å²) in [6.07, 6.45) is 19.4. The first-order chi connectivity index (χ1) is 16.3. The fourth-order valence-electron chi connectivity index (χ4n) is 3.38.